The maximum absolute atomic E-state index is 11.6. The van der Waals surface area contributed by atoms with Gasteiger partial charge in [0.05, 0.1) is 0 Å². The molecule has 2 aliphatic heterocycles. The second-order valence-electron chi connectivity index (χ2n) is 8.45. The van der Waals surface area contributed by atoms with Gasteiger partial charge in [-0.2, -0.15) is 0 Å². The summed E-state index contributed by atoms with van der Waals surface area (Å²) in [5, 5.41) is 4.94. The molecule has 17 heteroatoms. The second kappa shape index (κ2) is 11.3. The third-order valence-corrected chi connectivity index (χ3v) is 6.30. The van der Waals surface area contributed by atoms with E-state index in [1.165, 1.54) is 0 Å². The molecule has 0 bridgehead atoms. The zero-order chi connectivity index (χ0) is 25.1. The van der Waals surface area contributed by atoms with Crippen LogP contribution in [0, 0.1) is 0 Å². The molecule has 2 saturated heterocycles. The molecule has 0 aromatic heterocycles. The summed E-state index contributed by atoms with van der Waals surface area (Å²) in [6.07, 6.45) is -0.811. The van der Waals surface area contributed by atoms with Crippen LogP contribution in [0.1, 0.15) is 40.5 Å². The fourth-order valence-corrected chi connectivity index (χ4v) is 3.98. The quantitative estimate of drug-likeness (QED) is 0.218. The van der Waals surface area contributed by atoms with Gasteiger partial charge >= 0.3 is 12.1 Å². The first-order chi connectivity index (χ1) is 14.3. The number of urea groups is 2. The highest BCUT2D eigenvalue weighted by atomic mass is 35.5. The van der Waals surface area contributed by atoms with Crippen LogP contribution >= 0.6 is 27.6 Å². The molecule has 2 unspecified atom stereocenters. The molecule has 2 heterocycles. The monoisotopic (exact) mass is 534 g/mol. The fourth-order valence-electron chi connectivity index (χ4n) is 2.90. The van der Waals surface area contributed by atoms with Crippen LogP contribution in [0.2, 0.25) is 0 Å². The van der Waals surface area contributed by atoms with Crippen molar-refractivity contribution in [2.75, 3.05) is 25.4 Å². The molecule has 0 aliphatic carbocycles. The Morgan fingerprint density at radius 3 is 1.21 bits per heavy atom. The number of rotatable bonds is 8. The van der Waals surface area contributed by atoms with Crippen molar-refractivity contribution in [2.45, 2.75) is 51.6 Å². The van der Waals surface area contributed by atoms with E-state index in [4.69, 9.17) is 9.79 Å². The smallest absolute Gasteiger partial charge is 0.325 e. The number of hydrogen-bond donors (Lipinski definition) is 4. The lowest BCUT2D eigenvalue weighted by Gasteiger charge is -2.18. The van der Waals surface area contributed by atoms with Crippen molar-refractivity contribution in [2.24, 2.45) is 0 Å². The van der Waals surface area contributed by atoms with Crippen LogP contribution in [0.3, 0.4) is 0 Å². The molecule has 2 atom stereocenters. The van der Waals surface area contributed by atoms with Crippen LogP contribution in [-0.2, 0) is 18.7 Å². The molecular formula is C16H29ClN4O10P2-2. The third kappa shape index (κ3) is 9.70. The van der Waals surface area contributed by atoms with E-state index in [0.717, 1.165) is 9.80 Å². The first-order valence-electron chi connectivity index (χ1n) is 9.61. The van der Waals surface area contributed by atoms with Gasteiger partial charge in [0.25, 0.3) is 11.8 Å². The van der Waals surface area contributed by atoms with Gasteiger partial charge in [0, 0.05) is 25.4 Å². The van der Waals surface area contributed by atoms with E-state index in [-0.39, 0.29) is 38.3 Å². The first kappa shape index (κ1) is 31.5. The molecule has 2 rings (SSSR count). The SMILES string of the molecule is CC1(C)NC(=O)N(CCCP(=O)([O-])O)C1=O.CC1(C)NC(=O)N(CCCP(=O)([O-])O)C1=O.Cl. The summed E-state index contributed by atoms with van der Waals surface area (Å²) in [5.74, 6) is -0.785. The number of nitrogens with one attached hydrogen (secondary N) is 2. The molecule has 6 amide bonds. The number of carbonyl (C=O) groups excluding carboxylic acids is 4. The van der Waals surface area contributed by atoms with Crippen molar-refractivity contribution in [3.63, 3.8) is 0 Å². The molecule has 4 N–H and O–H groups in total. The number of amides is 6. The Labute approximate surface area is 197 Å². The summed E-state index contributed by atoms with van der Waals surface area (Å²) < 4.78 is 20.9. The largest absolute Gasteiger partial charge is 0.779 e. The zero-order valence-electron chi connectivity index (χ0n) is 18.6. The predicted molar refractivity (Wildman–Crippen MR) is 115 cm³/mol. The lowest BCUT2D eigenvalue weighted by atomic mass is 10.1. The minimum atomic E-state index is -4.31. The maximum atomic E-state index is 11.6. The molecule has 0 spiro atoms. The van der Waals surface area contributed by atoms with Gasteiger partial charge in [-0.3, -0.25) is 19.4 Å². The second-order valence-corrected chi connectivity index (χ2v) is 11.9. The van der Waals surface area contributed by atoms with E-state index in [9.17, 15) is 38.1 Å². The van der Waals surface area contributed by atoms with Gasteiger partial charge in [0.2, 0.25) is 0 Å². The van der Waals surface area contributed by atoms with Crippen molar-refractivity contribution >= 4 is 51.5 Å². The molecular weight excluding hydrogens is 506 g/mol. The number of halogens is 1. The summed E-state index contributed by atoms with van der Waals surface area (Å²) in [6.45, 7) is 6.24. The van der Waals surface area contributed by atoms with E-state index in [1.54, 1.807) is 27.7 Å². The normalized spacial score (nSPS) is 22.4. The van der Waals surface area contributed by atoms with Gasteiger partial charge in [0.15, 0.2) is 0 Å². The molecule has 33 heavy (non-hydrogen) atoms. The standard InChI is InChI=1S/2C8H15N2O5P.ClH/c2*1-8(2)6(11)10(7(12)9-8)4-3-5-16(13,14)15;/h2*3-5H2,1-2H3,(H,9,12)(H2,13,14,15);1H/p-2. The summed E-state index contributed by atoms with van der Waals surface area (Å²) in [6, 6.07) is -1.07. The van der Waals surface area contributed by atoms with E-state index >= 15 is 0 Å². The van der Waals surface area contributed by atoms with E-state index in [0.29, 0.717) is 0 Å². The van der Waals surface area contributed by atoms with Crippen LogP contribution in [0.15, 0.2) is 0 Å². The molecule has 0 radical (unpaired) electrons. The Morgan fingerprint density at radius 2 is 1.03 bits per heavy atom. The van der Waals surface area contributed by atoms with Gasteiger partial charge < -0.3 is 39.3 Å². The van der Waals surface area contributed by atoms with E-state index in [1.807, 2.05) is 0 Å². The lowest BCUT2D eigenvalue weighted by molar-refractivity contribution is -0.194. The fraction of sp³-hybridized carbons (Fsp3) is 0.750. The van der Waals surface area contributed by atoms with E-state index < -0.39 is 62.5 Å². The Bertz CT molecular complexity index is 799. The van der Waals surface area contributed by atoms with Gasteiger partial charge in [-0.25, -0.2) is 9.59 Å². The summed E-state index contributed by atoms with van der Waals surface area (Å²) in [7, 11) is -8.63. The van der Waals surface area contributed by atoms with Crippen LogP contribution in [0.5, 0.6) is 0 Å². The Balaban J connectivity index is 0.000000602. The highest BCUT2D eigenvalue weighted by Gasteiger charge is 2.44. The summed E-state index contributed by atoms with van der Waals surface area (Å²) >= 11 is 0. The van der Waals surface area contributed by atoms with Crippen molar-refractivity contribution in [1.29, 1.82) is 0 Å². The van der Waals surface area contributed by atoms with Crippen molar-refractivity contribution in [3.05, 3.63) is 0 Å². The number of nitrogens with zero attached hydrogens (tertiary/aromatic N) is 2. The zero-order valence-corrected chi connectivity index (χ0v) is 21.2. The van der Waals surface area contributed by atoms with Crippen molar-refractivity contribution in [1.82, 2.24) is 20.4 Å². The minimum absolute atomic E-state index is 0. The first-order valence-corrected chi connectivity index (χ1v) is 13.1. The lowest BCUT2D eigenvalue weighted by Crippen LogP contribution is -2.40. The van der Waals surface area contributed by atoms with Crippen LogP contribution in [0.4, 0.5) is 9.59 Å². The highest BCUT2D eigenvalue weighted by molar-refractivity contribution is 7.50. The highest BCUT2D eigenvalue weighted by Crippen LogP contribution is 2.30. The maximum Gasteiger partial charge on any atom is 0.325 e. The number of hydrogen-bond acceptors (Lipinski definition) is 8. The minimum Gasteiger partial charge on any atom is -0.779 e. The van der Waals surface area contributed by atoms with Gasteiger partial charge in [-0.1, -0.05) is 0 Å². The molecule has 0 aromatic carbocycles. The molecule has 0 aromatic rings. The average molecular weight is 535 g/mol. The van der Waals surface area contributed by atoms with Crippen molar-refractivity contribution in [3.8, 4) is 0 Å². The van der Waals surface area contributed by atoms with Gasteiger partial charge in [0.1, 0.15) is 26.3 Å². The average Bonchev–Trinajstić information content (AvgIpc) is 2.89. The van der Waals surface area contributed by atoms with E-state index in [2.05, 4.69) is 10.6 Å². The molecule has 14 nitrogen and oxygen atoms in total. The summed E-state index contributed by atoms with van der Waals surface area (Å²) in [5.41, 5.74) is -1.89. The van der Waals surface area contributed by atoms with Crippen LogP contribution in [-0.4, -0.2) is 80.0 Å². The third-order valence-electron chi connectivity index (χ3n) is 4.53. The number of carbonyl (C=O) groups is 4. The van der Waals surface area contributed by atoms with Crippen LogP contribution in [0.25, 0.3) is 0 Å². The number of imide groups is 2. The topological polar surface area (TPSA) is 220 Å². The van der Waals surface area contributed by atoms with Gasteiger partial charge in [-0.05, 0) is 40.5 Å². The Kier molecular flexibility index (Phi) is 10.7. The predicted octanol–water partition coefficient (Wildman–Crippen LogP) is -1.07. The molecule has 2 fully saturated rings. The van der Waals surface area contributed by atoms with Crippen molar-refractivity contribution < 1.29 is 47.9 Å². The molecule has 2 aliphatic rings. The summed E-state index contributed by atoms with van der Waals surface area (Å²) in [4.78, 5) is 85.8. The van der Waals surface area contributed by atoms with Crippen LogP contribution < -0.4 is 20.4 Å². The molecule has 0 saturated carbocycles. The van der Waals surface area contributed by atoms with Gasteiger partial charge in [-0.15, -0.1) is 12.4 Å². The Morgan fingerprint density at radius 1 is 0.758 bits per heavy atom. The Hall–Kier alpha value is -1.53. The molecule has 192 valence electrons.